The minimum Gasteiger partial charge on any atom is -0.341 e. The Morgan fingerprint density at radius 1 is 1.53 bits per heavy atom. The maximum atomic E-state index is 12.7. The largest absolute Gasteiger partial charge is 0.341 e. The molecule has 5 heteroatoms. The molecular weight excluding hydrogens is 245 g/mol. The predicted molar refractivity (Wildman–Crippen MR) is 71.6 cm³/mol. The van der Waals surface area contributed by atoms with Crippen molar-refractivity contribution in [3.63, 3.8) is 0 Å². The molecule has 4 nitrogen and oxygen atoms in total. The lowest BCUT2D eigenvalue weighted by Crippen LogP contribution is -2.38. The number of aromatic nitrogens is 1. The number of rotatable bonds is 5. The molecule has 1 aromatic rings. The third-order valence-electron chi connectivity index (χ3n) is 3.49. The van der Waals surface area contributed by atoms with Crippen molar-refractivity contribution in [1.82, 2.24) is 15.2 Å². The van der Waals surface area contributed by atoms with Gasteiger partial charge in [-0.1, -0.05) is 0 Å². The molecule has 1 aliphatic rings. The number of carbonyl (C=O) groups is 1. The highest BCUT2D eigenvalue weighted by Crippen LogP contribution is 2.30. The van der Waals surface area contributed by atoms with Crippen LogP contribution in [0.1, 0.15) is 28.9 Å². The van der Waals surface area contributed by atoms with Crippen molar-refractivity contribution in [2.45, 2.75) is 25.6 Å². The minimum atomic E-state index is -0.670. The van der Waals surface area contributed by atoms with E-state index in [-0.39, 0.29) is 5.91 Å². The van der Waals surface area contributed by atoms with Crippen molar-refractivity contribution >= 4 is 5.91 Å². The van der Waals surface area contributed by atoms with Crippen LogP contribution in [0.15, 0.2) is 18.3 Å². The molecule has 0 radical (unpaired) electrons. The number of alkyl halides is 1. The van der Waals surface area contributed by atoms with E-state index in [4.69, 9.17) is 0 Å². The first-order chi connectivity index (χ1) is 9.10. The van der Waals surface area contributed by atoms with Gasteiger partial charge in [-0.3, -0.25) is 9.78 Å². The Bertz CT molecular complexity index is 429. The molecule has 1 saturated carbocycles. The second-order valence-electron chi connectivity index (χ2n) is 5.19. The van der Waals surface area contributed by atoms with Crippen molar-refractivity contribution in [3.8, 4) is 0 Å². The van der Waals surface area contributed by atoms with E-state index in [2.05, 4.69) is 10.3 Å². The summed E-state index contributed by atoms with van der Waals surface area (Å²) in [6.07, 6.45) is 2.09. The first kappa shape index (κ1) is 13.9. The summed E-state index contributed by atoms with van der Waals surface area (Å²) >= 11 is 0. The number of carbonyl (C=O) groups excluding carboxylic acids is 1. The molecule has 0 unspecified atom stereocenters. The van der Waals surface area contributed by atoms with E-state index < -0.39 is 6.17 Å². The standard InChI is InChI=1S/C14H20FN3O/c1-16-8-13-4-3-11(7-17-13)14(19)18(2)9-10-5-12(15)6-10/h3-4,7,10,12,16H,5-6,8-9H2,1-2H3. The van der Waals surface area contributed by atoms with Crippen LogP contribution in [0.25, 0.3) is 0 Å². The quantitative estimate of drug-likeness (QED) is 0.880. The summed E-state index contributed by atoms with van der Waals surface area (Å²) in [5.74, 6) is 0.256. The Labute approximate surface area is 113 Å². The molecule has 1 aromatic heterocycles. The van der Waals surface area contributed by atoms with Gasteiger partial charge in [-0.25, -0.2) is 4.39 Å². The number of pyridine rings is 1. The van der Waals surface area contributed by atoms with Crippen molar-refractivity contribution in [3.05, 3.63) is 29.6 Å². The van der Waals surface area contributed by atoms with Gasteiger partial charge in [0, 0.05) is 26.3 Å². The van der Waals surface area contributed by atoms with Crippen molar-refractivity contribution < 1.29 is 9.18 Å². The molecule has 0 aromatic carbocycles. The van der Waals surface area contributed by atoms with E-state index in [9.17, 15) is 9.18 Å². The van der Waals surface area contributed by atoms with E-state index in [1.54, 1.807) is 24.2 Å². The zero-order valence-electron chi connectivity index (χ0n) is 11.4. The Kier molecular flexibility index (Phi) is 4.47. The van der Waals surface area contributed by atoms with Crippen molar-refractivity contribution in [2.75, 3.05) is 20.6 Å². The molecule has 0 bridgehead atoms. The van der Waals surface area contributed by atoms with Crippen LogP contribution in [0.3, 0.4) is 0 Å². The number of hydrogen-bond acceptors (Lipinski definition) is 3. The second kappa shape index (κ2) is 6.10. The van der Waals surface area contributed by atoms with Gasteiger partial charge in [-0.15, -0.1) is 0 Å². The van der Waals surface area contributed by atoms with Gasteiger partial charge in [0.2, 0.25) is 0 Å². The second-order valence-corrected chi connectivity index (χ2v) is 5.19. The van der Waals surface area contributed by atoms with Gasteiger partial charge in [-0.05, 0) is 37.9 Å². The highest BCUT2D eigenvalue weighted by atomic mass is 19.1. The maximum Gasteiger partial charge on any atom is 0.255 e. The third kappa shape index (κ3) is 3.50. The number of amides is 1. The van der Waals surface area contributed by atoms with Crippen LogP contribution in [0.2, 0.25) is 0 Å². The zero-order chi connectivity index (χ0) is 13.8. The molecule has 2 rings (SSSR count). The summed E-state index contributed by atoms with van der Waals surface area (Å²) in [7, 11) is 3.61. The van der Waals surface area contributed by atoms with Crippen LogP contribution in [-0.2, 0) is 6.54 Å². The number of hydrogen-bond donors (Lipinski definition) is 1. The average Bonchev–Trinajstić information content (AvgIpc) is 2.37. The van der Waals surface area contributed by atoms with E-state index in [0.29, 0.717) is 37.4 Å². The Hall–Kier alpha value is -1.49. The highest BCUT2D eigenvalue weighted by molar-refractivity contribution is 5.93. The van der Waals surface area contributed by atoms with Crippen molar-refractivity contribution in [1.29, 1.82) is 0 Å². The molecule has 1 N–H and O–H groups in total. The molecule has 1 aliphatic carbocycles. The fourth-order valence-electron chi connectivity index (χ4n) is 2.33. The van der Waals surface area contributed by atoms with Gasteiger partial charge in [0.05, 0.1) is 11.3 Å². The molecule has 19 heavy (non-hydrogen) atoms. The van der Waals surface area contributed by atoms with E-state index in [1.165, 1.54) is 0 Å². The Morgan fingerprint density at radius 3 is 2.79 bits per heavy atom. The van der Waals surface area contributed by atoms with Gasteiger partial charge >= 0.3 is 0 Å². The van der Waals surface area contributed by atoms with E-state index in [1.807, 2.05) is 13.1 Å². The van der Waals surface area contributed by atoms with Crippen LogP contribution in [0.5, 0.6) is 0 Å². The molecular formula is C14H20FN3O. The maximum absolute atomic E-state index is 12.7. The fraction of sp³-hybridized carbons (Fsp3) is 0.571. The fourth-order valence-corrected chi connectivity index (χ4v) is 2.33. The van der Waals surface area contributed by atoms with Crippen LogP contribution in [-0.4, -0.2) is 42.6 Å². The first-order valence-electron chi connectivity index (χ1n) is 6.59. The predicted octanol–water partition coefficient (Wildman–Crippen LogP) is 1.62. The van der Waals surface area contributed by atoms with Crippen LogP contribution < -0.4 is 5.32 Å². The normalized spacial score (nSPS) is 21.8. The van der Waals surface area contributed by atoms with E-state index in [0.717, 1.165) is 5.69 Å². The minimum absolute atomic E-state index is 0.0502. The molecule has 1 heterocycles. The summed E-state index contributed by atoms with van der Waals surface area (Å²) < 4.78 is 12.7. The van der Waals surface area contributed by atoms with Crippen LogP contribution in [0, 0.1) is 5.92 Å². The molecule has 0 spiro atoms. The number of nitrogens with zero attached hydrogens (tertiary/aromatic N) is 2. The summed E-state index contributed by atoms with van der Waals surface area (Å²) in [5.41, 5.74) is 1.49. The molecule has 0 aliphatic heterocycles. The third-order valence-corrected chi connectivity index (χ3v) is 3.49. The summed E-state index contributed by atoms with van der Waals surface area (Å²) in [6, 6.07) is 3.63. The molecule has 104 valence electrons. The van der Waals surface area contributed by atoms with Gasteiger partial charge in [0.1, 0.15) is 6.17 Å². The summed E-state index contributed by atoms with van der Waals surface area (Å²) in [6.45, 7) is 1.31. The smallest absolute Gasteiger partial charge is 0.255 e. The van der Waals surface area contributed by atoms with Gasteiger partial charge in [0.25, 0.3) is 5.91 Å². The zero-order valence-corrected chi connectivity index (χ0v) is 11.4. The van der Waals surface area contributed by atoms with Crippen LogP contribution >= 0.6 is 0 Å². The monoisotopic (exact) mass is 265 g/mol. The topological polar surface area (TPSA) is 45.2 Å². The van der Waals surface area contributed by atoms with Crippen LogP contribution in [0.4, 0.5) is 4.39 Å². The summed E-state index contributed by atoms with van der Waals surface area (Å²) in [4.78, 5) is 18.0. The lowest BCUT2D eigenvalue weighted by Gasteiger charge is -2.33. The Morgan fingerprint density at radius 2 is 2.26 bits per heavy atom. The molecule has 1 fully saturated rings. The highest BCUT2D eigenvalue weighted by Gasteiger charge is 2.30. The van der Waals surface area contributed by atoms with Gasteiger partial charge < -0.3 is 10.2 Å². The average molecular weight is 265 g/mol. The van der Waals surface area contributed by atoms with Gasteiger partial charge in [-0.2, -0.15) is 0 Å². The van der Waals surface area contributed by atoms with E-state index >= 15 is 0 Å². The van der Waals surface area contributed by atoms with Gasteiger partial charge in [0.15, 0.2) is 0 Å². The number of halogens is 1. The lowest BCUT2D eigenvalue weighted by molar-refractivity contribution is 0.0647. The SMILES string of the molecule is CNCc1ccc(C(=O)N(C)CC2CC(F)C2)cn1. The Balaban J connectivity index is 1.90. The molecule has 1 amide bonds. The molecule has 0 saturated heterocycles. The first-order valence-corrected chi connectivity index (χ1v) is 6.59. The molecule has 0 atom stereocenters. The summed E-state index contributed by atoms with van der Waals surface area (Å²) in [5, 5.41) is 3.01. The van der Waals surface area contributed by atoms with Crippen molar-refractivity contribution in [2.24, 2.45) is 5.92 Å². The lowest BCUT2D eigenvalue weighted by atomic mass is 9.83. The number of nitrogens with one attached hydrogen (secondary N) is 1.